The molecule has 21 heavy (non-hydrogen) atoms. The Labute approximate surface area is 126 Å². The zero-order chi connectivity index (χ0) is 15.5. The van der Waals surface area contributed by atoms with Crippen LogP contribution in [-0.2, 0) is 15.0 Å². The van der Waals surface area contributed by atoms with Gasteiger partial charge in [0.1, 0.15) is 0 Å². The average molecular weight is 291 g/mol. The molecule has 116 valence electrons. The van der Waals surface area contributed by atoms with Crippen molar-refractivity contribution in [2.45, 2.75) is 39.0 Å². The van der Waals surface area contributed by atoms with Crippen LogP contribution in [0.4, 0.5) is 0 Å². The summed E-state index contributed by atoms with van der Waals surface area (Å²) in [6, 6.07) is 4.06. The van der Waals surface area contributed by atoms with Gasteiger partial charge in [-0.05, 0) is 51.3 Å². The van der Waals surface area contributed by atoms with Gasteiger partial charge in [0, 0.05) is 37.4 Å². The third-order valence-corrected chi connectivity index (χ3v) is 4.19. The van der Waals surface area contributed by atoms with E-state index in [2.05, 4.69) is 4.98 Å². The van der Waals surface area contributed by atoms with Crippen LogP contribution in [0.5, 0.6) is 0 Å². The average Bonchev–Trinajstić information content (AvgIpc) is 2.48. The van der Waals surface area contributed by atoms with Crippen molar-refractivity contribution in [1.82, 2.24) is 10.0 Å². The van der Waals surface area contributed by atoms with Gasteiger partial charge < -0.3 is 10.6 Å². The van der Waals surface area contributed by atoms with Gasteiger partial charge in [0.05, 0.1) is 5.41 Å². The Kier molecular flexibility index (Phi) is 4.64. The lowest BCUT2D eigenvalue weighted by Gasteiger charge is -2.41. The number of hydrogen-bond acceptors (Lipinski definition) is 5. The largest absolute Gasteiger partial charge is 0.367 e. The highest BCUT2D eigenvalue weighted by molar-refractivity contribution is 5.75. The van der Waals surface area contributed by atoms with Gasteiger partial charge in [-0.25, -0.2) is 4.79 Å². The molecule has 1 aliphatic heterocycles. The van der Waals surface area contributed by atoms with Crippen molar-refractivity contribution in [1.29, 1.82) is 0 Å². The molecular formula is C16H25N3O2. The fourth-order valence-corrected chi connectivity index (χ4v) is 2.58. The molecule has 2 heterocycles. The molecule has 2 rings (SSSR count). The monoisotopic (exact) mass is 291 g/mol. The van der Waals surface area contributed by atoms with Gasteiger partial charge in [-0.1, -0.05) is 0 Å². The minimum absolute atomic E-state index is 0.0341. The molecule has 0 saturated carbocycles. The molecule has 0 amide bonds. The molecule has 1 saturated heterocycles. The number of piperidine rings is 1. The first-order valence-corrected chi connectivity index (χ1v) is 7.45. The van der Waals surface area contributed by atoms with E-state index in [0.29, 0.717) is 19.6 Å². The molecule has 2 N–H and O–H groups in total. The molecule has 0 atom stereocenters. The lowest BCUT2D eigenvalue weighted by molar-refractivity contribution is -0.206. The maximum atomic E-state index is 11.9. The predicted octanol–water partition coefficient (Wildman–Crippen LogP) is 1.88. The number of rotatable bonds is 3. The van der Waals surface area contributed by atoms with Crippen LogP contribution in [0.2, 0.25) is 0 Å². The molecule has 1 fully saturated rings. The second-order valence-corrected chi connectivity index (χ2v) is 6.78. The number of nitrogens with two attached hydrogens (primary N) is 1. The summed E-state index contributed by atoms with van der Waals surface area (Å²) in [5.74, 6) is -0.188. The van der Waals surface area contributed by atoms with Crippen molar-refractivity contribution in [2.24, 2.45) is 11.1 Å². The molecule has 5 heteroatoms. The van der Waals surface area contributed by atoms with E-state index in [9.17, 15) is 4.79 Å². The molecule has 0 aromatic carbocycles. The molecule has 0 unspecified atom stereocenters. The van der Waals surface area contributed by atoms with E-state index in [4.69, 9.17) is 10.6 Å². The third-order valence-electron chi connectivity index (χ3n) is 4.19. The number of pyridine rings is 1. The highest BCUT2D eigenvalue weighted by Crippen LogP contribution is 2.34. The Hall–Kier alpha value is -1.46. The molecule has 1 aromatic rings. The number of hydrogen-bond donors (Lipinski definition) is 1. The quantitative estimate of drug-likeness (QED) is 0.921. The van der Waals surface area contributed by atoms with Crippen LogP contribution in [-0.4, -0.2) is 35.7 Å². The Morgan fingerprint density at radius 1 is 1.33 bits per heavy atom. The fraction of sp³-hybridized carbons (Fsp3) is 0.625. The normalized spacial score (nSPS) is 19.2. The number of hydroxylamine groups is 2. The molecule has 0 radical (unpaired) electrons. The van der Waals surface area contributed by atoms with Crippen LogP contribution in [0.1, 0.15) is 39.2 Å². The lowest BCUT2D eigenvalue weighted by atomic mass is 9.73. The van der Waals surface area contributed by atoms with Crippen molar-refractivity contribution >= 4 is 5.97 Å². The van der Waals surface area contributed by atoms with Gasteiger partial charge in [0.15, 0.2) is 0 Å². The first kappa shape index (κ1) is 15.9. The summed E-state index contributed by atoms with van der Waals surface area (Å²) >= 11 is 0. The van der Waals surface area contributed by atoms with Crippen LogP contribution in [0.15, 0.2) is 24.5 Å². The van der Waals surface area contributed by atoms with E-state index < -0.39 is 5.41 Å². The first-order valence-electron chi connectivity index (χ1n) is 7.45. The third kappa shape index (κ3) is 3.60. The topological polar surface area (TPSA) is 68.5 Å². The molecule has 0 bridgehead atoms. The summed E-state index contributed by atoms with van der Waals surface area (Å²) in [5.41, 5.74) is 6.75. The van der Waals surface area contributed by atoms with Gasteiger partial charge in [-0.3, -0.25) is 4.98 Å². The van der Waals surface area contributed by atoms with E-state index in [1.54, 1.807) is 17.5 Å². The van der Waals surface area contributed by atoms with Crippen LogP contribution >= 0.6 is 0 Å². The Balaban J connectivity index is 2.00. The Morgan fingerprint density at radius 2 is 1.90 bits per heavy atom. The lowest BCUT2D eigenvalue weighted by Crippen LogP contribution is -2.48. The van der Waals surface area contributed by atoms with E-state index in [0.717, 1.165) is 12.8 Å². The second kappa shape index (κ2) is 6.12. The van der Waals surface area contributed by atoms with Gasteiger partial charge in [-0.15, -0.1) is 5.06 Å². The maximum Gasteiger partial charge on any atom is 0.330 e. The summed E-state index contributed by atoms with van der Waals surface area (Å²) < 4.78 is 0. The molecule has 1 aromatic heterocycles. The van der Waals surface area contributed by atoms with Crippen LogP contribution < -0.4 is 5.73 Å². The Bertz CT molecular complexity index is 474. The fourth-order valence-electron chi connectivity index (χ4n) is 2.58. The molecular weight excluding hydrogens is 266 g/mol. The maximum absolute atomic E-state index is 11.9. The van der Waals surface area contributed by atoms with Crippen molar-refractivity contribution in [3.63, 3.8) is 0 Å². The highest BCUT2D eigenvalue weighted by Gasteiger charge is 2.37. The zero-order valence-electron chi connectivity index (χ0n) is 13.1. The SMILES string of the molecule is CC(C)(C)C(=O)ON1CCC(CN)(c2ccncc2)CC1. The van der Waals surface area contributed by atoms with E-state index in [1.165, 1.54) is 5.56 Å². The Morgan fingerprint density at radius 3 is 2.38 bits per heavy atom. The van der Waals surface area contributed by atoms with Crippen molar-refractivity contribution < 1.29 is 9.63 Å². The molecule has 5 nitrogen and oxygen atoms in total. The second-order valence-electron chi connectivity index (χ2n) is 6.78. The number of aromatic nitrogens is 1. The summed E-state index contributed by atoms with van der Waals surface area (Å²) in [6.07, 6.45) is 5.37. The molecule has 1 aliphatic rings. The van der Waals surface area contributed by atoms with Gasteiger partial charge in [-0.2, -0.15) is 0 Å². The van der Waals surface area contributed by atoms with Gasteiger partial charge in [0.2, 0.25) is 0 Å². The summed E-state index contributed by atoms with van der Waals surface area (Å²) in [7, 11) is 0. The standard InChI is InChI=1S/C16H25N3O2/c1-15(2,3)14(20)21-19-10-6-16(12-17,7-11-19)13-4-8-18-9-5-13/h4-5,8-9H,6-7,10-12,17H2,1-3H3. The highest BCUT2D eigenvalue weighted by atomic mass is 16.7. The first-order chi connectivity index (χ1) is 9.87. The summed E-state index contributed by atoms with van der Waals surface area (Å²) in [5, 5.41) is 1.77. The van der Waals surface area contributed by atoms with E-state index in [-0.39, 0.29) is 11.4 Å². The van der Waals surface area contributed by atoms with Crippen LogP contribution in [0.3, 0.4) is 0 Å². The van der Waals surface area contributed by atoms with E-state index >= 15 is 0 Å². The number of nitrogens with zero attached hydrogens (tertiary/aromatic N) is 2. The minimum atomic E-state index is -0.479. The number of carbonyl (C=O) groups excluding carboxylic acids is 1. The summed E-state index contributed by atoms with van der Waals surface area (Å²) in [6.45, 7) is 7.60. The minimum Gasteiger partial charge on any atom is -0.367 e. The van der Waals surface area contributed by atoms with Gasteiger partial charge in [0.25, 0.3) is 0 Å². The predicted molar refractivity (Wildman–Crippen MR) is 81.3 cm³/mol. The van der Waals surface area contributed by atoms with Crippen molar-refractivity contribution in [3.8, 4) is 0 Å². The van der Waals surface area contributed by atoms with Crippen LogP contribution in [0.25, 0.3) is 0 Å². The molecule has 0 spiro atoms. The van der Waals surface area contributed by atoms with E-state index in [1.807, 2.05) is 32.9 Å². The van der Waals surface area contributed by atoms with Crippen molar-refractivity contribution in [2.75, 3.05) is 19.6 Å². The zero-order valence-corrected chi connectivity index (χ0v) is 13.1. The summed E-state index contributed by atoms with van der Waals surface area (Å²) in [4.78, 5) is 21.5. The van der Waals surface area contributed by atoms with Crippen LogP contribution in [0, 0.1) is 5.41 Å². The number of carbonyl (C=O) groups is 1. The van der Waals surface area contributed by atoms with Gasteiger partial charge >= 0.3 is 5.97 Å². The smallest absolute Gasteiger partial charge is 0.330 e. The van der Waals surface area contributed by atoms with Crippen molar-refractivity contribution in [3.05, 3.63) is 30.1 Å². The molecule has 0 aliphatic carbocycles.